The molecule has 0 aliphatic carbocycles. The van der Waals surface area contributed by atoms with Crippen molar-refractivity contribution in [2.75, 3.05) is 5.32 Å². The standard InChI is InChI=1S/C15H12F3N3S2/c1-9-11(22-13(21-9)10-5-3-2-4-6-10)7-19-14-20-8-12(23-14)15(16,17)18/h2-6,8H,7H2,1H3,(H,19,20). The molecule has 3 aromatic rings. The summed E-state index contributed by atoms with van der Waals surface area (Å²) in [5.74, 6) is 0. The highest BCUT2D eigenvalue weighted by Crippen LogP contribution is 2.35. The van der Waals surface area contributed by atoms with E-state index < -0.39 is 11.1 Å². The minimum atomic E-state index is -4.35. The van der Waals surface area contributed by atoms with Crippen molar-refractivity contribution in [2.24, 2.45) is 0 Å². The number of alkyl halides is 3. The molecule has 0 amide bonds. The van der Waals surface area contributed by atoms with Crippen LogP contribution < -0.4 is 5.32 Å². The van der Waals surface area contributed by atoms with E-state index in [0.717, 1.165) is 27.3 Å². The molecule has 0 radical (unpaired) electrons. The highest BCUT2D eigenvalue weighted by atomic mass is 32.1. The summed E-state index contributed by atoms with van der Waals surface area (Å²) < 4.78 is 37.7. The van der Waals surface area contributed by atoms with Crippen molar-refractivity contribution >= 4 is 27.8 Å². The van der Waals surface area contributed by atoms with Crippen molar-refractivity contribution in [3.05, 3.63) is 52.0 Å². The van der Waals surface area contributed by atoms with E-state index in [1.807, 2.05) is 37.3 Å². The minimum absolute atomic E-state index is 0.256. The summed E-state index contributed by atoms with van der Waals surface area (Å²) in [5, 5.41) is 4.09. The predicted octanol–water partition coefficient (Wildman–Crippen LogP) is 5.21. The number of halogens is 3. The molecule has 23 heavy (non-hydrogen) atoms. The molecule has 0 aliphatic heterocycles. The molecule has 1 N–H and O–H groups in total. The molecule has 3 rings (SSSR count). The number of aryl methyl sites for hydroxylation is 1. The monoisotopic (exact) mass is 355 g/mol. The largest absolute Gasteiger partial charge is 0.427 e. The Balaban J connectivity index is 1.72. The number of hydrogen-bond donors (Lipinski definition) is 1. The highest BCUT2D eigenvalue weighted by Gasteiger charge is 2.33. The summed E-state index contributed by atoms with van der Waals surface area (Å²) in [4.78, 5) is 8.56. The average molecular weight is 355 g/mol. The number of rotatable bonds is 4. The summed E-state index contributed by atoms with van der Waals surface area (Å²) in [6.07, 6.45) is -3.50. The van der Waals surface area contributed by atoms with Crippen molar-refractivity contribution in [3.63, 3.8) is 0 Å². The normalized spacial score (nSPS) is 11.7. The number of aromatic nitrogens is 2. The van der Waals surface area contributed by atoms with Gasteiger partial charge in [0.15, 0.2) is 5.13 Å². The van der Waals surface area contributed by atoms with Crippen LogP contribution in [0.2, 0.25) is 0 Å². The first-order valence-corrected chi connectivity index (χ1v) is 8.35. The third-order valence-corrected chi connectivity index (χ3v) is 5.31. The lowest BCUT2D eigenvalue weighted by molar-refractivity contribution is -0.134. The van der Waals surface area contributed by atoms with Crippen molar-refractivity contribution in [2.45, 2.75) is 19.6 Å². The fraction of sp³-hybridized carbons (Fsp3) is 0.200. The maximum Gasteiger partial charge on any atom is 0.427 e. The van der Waals surface area contributed by atoms with E-state index in [4.69, 9.17) is 0 Å². The van der Waals surface area contributed by atoms with Gasteiger partial charge in [-0.1, -0.05) is 41.7 Å². The SMILES string of the molecule is Cc1nc(-c2ccccc2)sc1CNc1ncc(C(F)(F)F)s1. The molecule has 1 aromatic carbocycles. The maximum absolute atomic E-state index is 12.6. The maximum atomic E-state index is 12.6. The molecule has 0 saturated heterocycles. The summed E-state index contributed by atoms with van der Waals surface area (Å²) in [6, 6.07) is 9.78. The quantitative estimate of drug-likeness (QED) is 0.698. The van der Waals surface area contributed by atoms with Gasteiger partial charge in [0.2, 0.25) is 0 Å². The molecule has 0 atom stereocenters. The van der Waals surface area contributed by atoms with Gasteiger partial charge in [-0.2, -0.15) is 13.2 Å². The van der Waals surface area contributed by atoms with Crippen LogP contribution in [0.25, 0.3) is 10.6 Å². The molecule has 0 fully saturated rings. The molecule has 3 nitrogen and oxygen atoms in total. The number of nitrogens with one attached hydrogen (secondary N) is 1. The number of nitrogens with zero attached hydrogens (tertiary/aromatic N) is 2. The molecule has 0 unspecified atom stereocenters. The van der Waals surface area contributed by atoms with Crippen LogP contribution >= 0.6 is 22.7 Å². The smallest absolute Gasteiger partial charge is 0.357 e. The third-order valence-electron chi connectivity index (χ3n) is 3.10. The summed E-state index contributed by atoms with van der Waals surface area (Å²) >= 11 is 2.13. The van der Waals surface area contributed by atoms with Crippen LogP contribution in [-0.2, 0) is 12.7 Å². The first-order valence-electron chi connectivity index (χ1n) is 6.72. The van der Waals surface area contributed by atoms with E-state index in [1.54, 1.807) is 0 Å². The molecule has 2 heterocycles. The zero-order chi connectivity index (χ0) is 16.4. The number of thiazole rings is 2. The first kappa shape index (κ1) is 15.9. The van der Waals surface area contributed by atoms with Gasteiger partial charge < -0.3 is 5.32 Å². The Bertz CT molecular complexity index is 794. The number of anilines is 1. The first-order chi connectivity index (χ1) is 10.9. The topological polar surface area (TPSA) is 37.8 Å². The van der Waals surface area contributed by atoms with E-state index in [9.17, 15) is 13.2 Å². The van der Waals surface area contributed by atoms with Gasteiger partial charge in [-0.05, 0) is 6.92 Å². The molecule has 0 saturated carbocycles. The molecular weight excluding hydrogens is 343 g/mol. The van der Waals surface area contributed by atoms with Gasteiger partial charge in [0.1, 0.15) is 9.88 Å². The third kappa shape index (κ3) is 3.70. The molecule has 0 spiro atoms. The second-order valence-electron chi connectivity index (χ2n) is 4.77. The Kier molecular flexibility index (Phi) is 4.36. The molecule has 0 aliphatic rings. The summed E-state index contributed by atoms with van der Waals surface area (Å²) in [5.41, 5.74) is 1.90. The van der Waals surface area contributed by atoms with Gasteiger partial charge in [-0.3, -0.25) is 0 Å². The van der Waals surface area contributed by atoms with Gasteiger partial charge in [0, 0.05) is 10.4 Å². The summed E-state index contributed by atoms with van der Waals surface area (Å²) in [6.45, 7) is 2.30. The zero-order valence-corrected chi connectivity index (χ0v) is 13.6. The molecule has 120 valence electrons. The van der Waals surface area contributed by atoms with Gasteiger partial charge in [0.25, 0.3) is 0 Å². The fourth-order valence-corrected chi connectivity index (χ4v) is 3.63. The summed E-state index contributed by atoms with van der Waals surface area (Å²) in [7, 11) is 0. The Morgan fingerprint density at radius 1 is 1.13 bits per heavy atom. The molecule has 8 heteroatoms. The van der Waals surface area contributed by atoms with Gasteiger partial charge in [-0.15, -0.1) is 11.3 Å². The van der Waals surface area contributed by atoms with Crippen molar-refractivity contribution in [1.29, 1.82) is 0 Å². The lowest BCUT2D eigenvalue weighted by atomic mass is 10.2. The number of benzene rings is 1. The Labute approximate surface area is 138 Å². The van der Waals surface area contributed by atoms with Crippen LogP contribution in [0.1, 0.15) is 15.4 Å². The van der Waals surface area contributed by atoms with Crippen LogP contribution in [0.3, 0.4) is 0 Å². The zero-order valence-electron chi connectivity index (χ0n) is 12.0. The Hall–Kier alpha value is -1.93. The molecule has 0 bridgehead atoms. The number of hydrogen-bond acceptors (Lipinski definition) is 5. The van der Waals surface area contributed by atoms with Crippen LogP contribution in [-0.4, -0.2) is 9.97 Å². The van der Waals surface area contributed by atoms with E-state index in [-0.39, 0.29) is 5.13 Å². The van der Waals surface area contributed by atoms with E-state index in [1.165, 1.54) is 11.3 Å². The van der Waals surface area contributed by atoms with Crippen LogP contribution in [0, 0.1) is 6.92 Å². The highest BCUT2D eigenvalue weighted by molar-refractivity contribution is 7.16. The fourth-order valence-electron chi connectivity index (χ4n) is 1.94. The predicted molar refractivity (Wildman–Crippen MR) is 86.7 cm³/mol. The Morgan fingerprint density at radius 2 is 1.87 bits per heavy atom. The lowest BCUT2D eigenvalue weighted by Gasteiger charge is -2.01. The van der Waals surface area contributed by atoms with Gasteiger partial charge in [-0.25, -0.2) is 9.97 Å². The average Bonchev–Trinajstić information content (AvgIpc) is 3.12. The van der Waals surface area contributed by atoms with Gasteiger partial charge >= 0.3 is 6.18 Å². The minimum Gasteiger partial charge on any atom is -0.357 e. The molecule has 2 aromatic heterocycles. The lowest BCUT2D eigenvalue weighted by Crippen LogP contribution is -2.00. The molecular formula is C15H12F3N3S2. The van der Waals surface area contributed by atoms with E-state index in [0.29, 0.717) is 17.9 Å². The second-order valence-corrected chi connectivity index (χ2v) is 6.89. The van der Waals surface area contributed by atoms with Crippen LogP contribution in [0.4, 0.5) is 18.3 Å². The van der Waals surface area contributed by atoms with Crippen LogP contribution in [0.5, 0.6) is 0 Å². The second kappa shape index (κ2) is 6.29. The van der Waals surface area contributed by atoms with Crippen molar-refractivity contribution in [1.82, 2.24) is 9.97 Å². The Morgan fingerprint density at radius 3 is 2.52 bits per heavy atom. The van der Waals surface area contributed by atoms with Crippen molar-refractivity contribution in [3.8, 4) is 10.6 Å². The van der Waals surface area contributed by atoms with Gasteiger partial charge in [0.05, 0.1) is 18.4 Å². The van der Waals surface area contributed by atoms with E-state index >= 15 is 0 Å². The van der Waals surface area contributed by atoms with Crippen molar-refractivity contribution < 1.29 is 13.2 Å². The van der Waals surface area contributed by atoms with E-state index in [2.05, 4.69) is 15.3 Å². The van der Waals surface area contributed by atoms with Crippen LogP contribution in [0.15, 0.2) is 36.5 Å².